The zero-order chi connectivity index (χ0) is 12.0. The largest absolute Gasteiger partial charge is 0.299 e. The third-order valence-corrected chi connectivity index (χ3v) is 4.69. The topological polar surface area (TPSA) is 17.1 Å². The van der Waals surface area contributed by atoms with Crippen molar-refractivity contribution in [1.29, 1.82) is 0 Å². The molecule has 0 aromatic carbocycles. The van der Waals surface area contributed by atoms with E-state index >= 15 is 0 Å². The summed E-state index contributed by atoms with van der Waals surface area (Å²) >= 11 is 0. The van der Waals surface area contributed by atoms with Crippen LogP contribution in [0.5, 0.6) is 0 Å². The molecule has 0 bridgehead atoms. The van der Waals surface area contributed by atoms with Crippen LogP contribution in [0.3, 0.4) is 0 Å². The lowest BCUT2D eigenvalue weighted by atomic mass is 9.59. The molecule has 0 aliphatic heterocycles. The molecule has 0 saturated heterocycles. The van der Waals surface area contributed by atoms with Gasteiger partial charge in [0.1, 0.15) is 5.78 Å². The summed E-state index contributed by atoms with van der Waals surface area (Å²) in [5.41, 5.74) is 2.15. The van der Waals surface area contributed by atoms with E-state index < -0.39 is 0 Å². The normalized spacial score (nSPS) is 35.6. The van der Waals surface area contributed by atoms with E-state index in [4.69, 9.17) is 0 Å². The van der Waals surface area contributed by atoms with Gasteiger partial charge >= 0.3 is 0 Å². The molecule has 2 aliphatic rings. The average molecular weight is 220 g/mol. The van der Waals surface area contributed by atoms with Crippen molar-refractivity contribution in [2.75, 3.05) is 0 Å². The van der Waals surface area contributed by atoms with Crippen LogP contribution < -0.4 is 0 Å². The fraction of sp³-hybridized carbons (Fsp3) is 0.800. The first kappa shape index (κ1) is 11.9. The highest BCUT2D eigenvalue weighted by Gasteiger charge is 2.41. The van der Waals surface area contributed by atoms with Crippen LogP contribution in [0, 0.1) is 16.7 Å². The molecule has 0 heterocycles. The summed E-state index contributed by atoms with van der Waals surface area (Å²) in [7, 11) is 0. The Labute approximate surface area is 99.3 Å². The van der Waals surface area contributed by atoms with Gasteiger partial charge in [-0.1, -0.05) is 39.3 Å². The van der Waals surface area contributed by atoms with Gasteiger partial charge in [0, 0.05) is 12.8 Å². The second-order valence-corrected chi connectivity index (χ2v) is 7.01. The number of carbonyl (C=O) groups excluding carboxylic acids is 1. The summed E-state index contributed by atoms with van der Waals surface area (Å²) in [6.07, 6.45) is 7.41. The summed E-state index contributed by atoms with van der Waals surface area (Å²) in [5, 5.41) is 0. The number of fused-ring (bicyclic) bond motifs is 1. The molecular weight excluding hydrogens is 196 g/mol. The van der Waals surface area contributed by atoms with Crippen molar-refractivity contribution >= 4 is 5.78 Å². The van der Waals surface area contributed by atoms with Gasteiger partial charge in [0.05, 0.1) is 0 Å². The molecule has 0 aromatic rings. The number of hydrogen-bond acceptors (Lipinski definition) is 1. The molecule has 0 amide bonds. The highest BCUT2D eigenvalue weighted by atomic mass is 16.1. The van der Waals surface area contributed by atoms with Crippen LogP contribution in [-0.4, -0.2) is 5.78 Å². The highest BCUT2D eigenvalue weighted by Crippen LogP contribution is 2.51. The zero-order valence-electron chi connectivity index (χ0n) is 11.1. The third kappa shape index (κ3) is 2.09. The van der Waals surface area contributed by atoms with Gasteiger partial charge in [-0.25, -0.2) is 0 Å². The van der Waals surface area contributed by atoms with Gasteiger partial charge in [-0.15, -0.1) is 0 Å². The Balaban J connectivity index is 2.22. The quantitative estimate of drug-likeness (QED) is 0.561. The van der Waals surface area contributed by atoms with E-state index in [0.717, 1.165) is 25.2 Å². The number of allylic oxidation sites excluding steroid dienone is 2. The van der Waals surface area contributed by atoms with Crippen LogP contribution in [0.15, 0.2) is 11.6 Å². The number of ketones is 1. The first-order valence-electron chi connectivity index (χ1n) is 6.52. The minimum absolute atomic E-state index is 0.324. The van der Waals surface area contributed by atoms with E-state index in [2.05, 4.69) is 33.8 Å². The monoisotopic (exact) mass is 220 g/mol. The Kier molecular flexibility index (Phi) is 2.76. The first-order valence-corrected chi connectivity index (χ1v) is 6.52. The molecule has 0 spiro atoms. The number of hydrogen-bond donors (Lipinski definition) is 0. The number of rotatable bonds is 0. The third-order valence-electron chi connectivity index (χ3n) is 4.69. The fourth-order valence-electron chi connectivity index (χ4n) is 3.21. The summed E-state index contributed by atoms with van der Waals surface area (Å²) in [6.45, 7) is 9.39. The Morgan fingerprint density at radius 1 is 1.38 bits per heavy atom. The van der Waals surface area contributed by atoms with Crippen molar-refractivity contribution in [3.8, 4) is 0 Å². The molecule has 1 nitrogen and oxygen atoms in total. The second kappa shape index (κ2) is 3.72. The van der Waals surface area contributed by atoms with E-state index in [9.17, 15) is 4.79 Å². The standard InChI is InChI=1S/C15H24O/c1-14(2,3)12-6-5-11-9-13(16)7-8-15(11,4)10-12/h5,12H,6-10H2,1-4H3/t12-,15+/m0/s1. The molecular formula is C15H24O. The molecule has 1 saturated carbocycles. The average Bonchev–Trinajstić information content (AvgIpc) is 2.16. The lowest BCUT2D eigenvalue weighted by Gasteiger charge is -2.45. The van der Waals surface area contributed by atoms with Crippen molar-refractivity contribution in [3.05, 3.63) is 11.6 Å². The van der Waals surface area contributed by atoms with E-state index in [1.54, 1.807) is 0 Å². The predicted molar refractivity (Wildman–Crippen MR) is 67.2 cm³/mol. The fourth-order valence-corrected chi connectivity index (χ4v) is 3.21. The molecule has 0 radical (unpaired) electrons. The van der Waals surface area contributed by atoms with E-state index in [1.807, 2.05) is 0 Å². The molecule has 2 atom stereocenters. The van der Waals surface area contributed by atoms with E-state index in [0.29, 0.717) is 16.6 Å². The second-order valence-electron chi connectivity index (χ2n) is 7.01. The van der Waals surface area contributed by atoms with E-state index in [1.165, 1.54) is 18.4 Å². The minimum atomic E-state index is 0.324. The zero-order valence-corrected chi connectivity index (χ0v) is 11.1. The summed E-state index contributed by atoms with van der Waals surface area (Å²) < 4.78 is 0. The molecule has 0 aromatic heterocycles. The Morgan fingerprint density at radius 2 is 2.06 bits per heavy atom. The van der Waals surface area contributed by atoms with E-state index in [-0.39, 0.29) is 0 Å². The maximum absolute atomic E-state index is 11.5. The van der Waals surface area contributed by atoms with Gasteiger partial charge in [0.15, 0.2) is 0 Å². The summed E-state index contributed by atoms with van der Waals surface area (Å²) in [6, 6.07) is 0. The molecule has 90 valence electrons. The van der Waals surface area contributed by atoms with Crippen molar-refractivity contribution < 1.29 is 4.79 Å². The maximum atomic E-state index is 11.5. The maximum Gasteiger partial charge on any atom is 0.136 e. The van der Waals surface area contributed by atoms with Crippen LogP contribution in [0.4, 0.5) is 0 Å². The van der Waals surface area contributed by atoms with Gasteiger partial charge < -0.3 is 0 Å². The predicted octanol–water partition coefficient (Wildman–Crippen LogP) is 4.13. The van der Waals surface area contributed by atoms with Crippen molar-refractivity contribution in [2.24, 2.45) is 16.7 Å². The summed E-state index contributed by atoms with van der Waals surface area (Å²) in [5.74, 6) is 1.22. The molecule has 2 rings (SSSR count). The van der Waals surface area contributed by atoms with Crippen molar-refractivity contribution in [1.82, 2.24) is 0 Å². The summed E-state index contributed by atoms with van der Waals surface area (Å²) in [4.78, 5) is 11.5. The van der Waals surface area contributed by atoms with Gasteiger partial charge in [-0.2, -0.15) is 0 Å². The first-order chi connectivity index (χ1) is 7.31. The van der Waals surface area contributed by atoms with Gasteiger partial charge in [-0.05, 0) is 36.0 Å². The molecule has 0 N–H and O–H groups in total. The molecule has 0 unspecified atom stereocenters. The highest BCUT2D eigenvalue weighted by molar-refractivity contribution is 5.82. The van der Waals surface area contributed by atoms with Crippen LogP contribution in [0.2, 0.25) is 0 Å². The lowest BCUT2D eigenvalue weighted by Crippen LogP contribution is -2.36. The molecule has 1 fully saturated rings. The van der Waals surface area contributed by atoms with Gasteiger partial charge in [0.2, 0.25) is 0 Å². The molecule has 2 aliphatic carbocycles. The number of carbonyl (C=O) groups is 1. The van der Waals surface area contributed by atoms with Crippen LogP contribution >= 0.6 is 0 Å². The van der Waals surface area contributed by atoms with Gasteiger partial charge in [0.25, 0.3) is 0 Å². The van der Waals surface area contributed by atoms with Crippen molar-refractivity contribution in [2.45, 2.75) is 59.8 Å². The Morgan fingerprint density at radius 3 is 2.69 bits per heavy atom. The van der Waals surface area contributed by atoms with Crippen LogP contribution in [0.1, 0.15) is 59.8 Å². The Hall–Kier alpha value is -0.590. The minimum Gasteiger partial charge on any atom is -0.299 e. The molecule has 1 heteroatoms. The number of Topliss-reactive ketones (excluding diaryl/α,β-unsaturated/α-hetero) is 1. The van der Waals surface area contributed by atoms with Crippen LogP contribution in [-0.2, 0) is 4.79 Å². The van der Waals surface area contributed by atoms with Crippen LogP contribution in [0.25, 0.3) is 0 Å². The Bertz CT molecular complexity index is 332. The van der Waals surface area contributed by atoms with Gasteiger partial charge in [-0.3, -0.25) is 4.79 Å². The smallest absolute Gasteiger partial charge is 0.136 e. The SMILES string of the molecule is CC(C)(C)[C@H]1CC=C2CC(=O)CC[C@]2(C)C1. The molecule has 16 heavy (non-hydrogen) atoms. The van der Waals surface area contributed by atoms with Crippen molar-refractivity contribution in [3.63, 3.8) is 0 Å². The lowest BCUT2D eigenvalue weighted by molar-refractivity contribution is -0.120.